The first-order valence-corrected chi connectivity index (χ1v) is 7.77. The van der Waals surface area contributed by atoms with E-state index >= 15 is 0 Å². The van der Waals surface area contributed by atoms with Crippen molar-refractivity contribution in [3.8, 4) is 11.1 Å². The molecule has 0 atom stereocenters. The van der Waals surface area contributed by atoms with Crippen molar-refractivity contribution >= 4 is 11.8 Å². The summed E-state index contributed by atoms with van der Waals surface area (Å²) in [7, 11) is 0. The van der Waals surface area contributed by atoms with Gasteiger partial charge in [-0.25, -0.2) is 0 Å². The number of thioether (sulfide) groups is 1. The number of halogens is 2. The van der Waals surface area contributed by atoms with E-state index in [-0.39, 0.29) is 0 Å². The number of nitrogens with zero attached hydrogens (tertiary/aromatic N) is 1. The zero-order valence-electron chi connectivity index (χ0n) is 11.9. The number of nitrogens with one attached hydrogen (secondary N) is 1. The SMILES string of the molecule is CCCNCc1cncc(-c2ccc(SC(F)F)cc2)c1. The molecule has 0 bridgehead atoms. The minimum Gasteiger partial charge on any atom is -0.313 e. The van der Waals surface area contributed by atoms with Gasteiger partial charge in [-0.3, -0.25) is 4.98 Å². The molecule has 0 aliphatic rings. The monoisotopic (exact) mass is 308 g/mol. The van der Waals surface area contributed by atoms with Crippen LogP contribution in [-0.2, 0) is 6.54 Å². The molecule has 0 radical (unpaired) electrons. The molecule has 0 aliphatic carbocycles. The van der Waals surface area contributed by atoms with Gasteiger partial charge in [0.25, 0.3) is 5.76 Å². The summed E-state index contributed by atoms with van der Waals surface area (Å²) in [5, 5.41) is 3.33. The van der Waals surface area contributed by atoms with Crippen LogP contribution >= 0.6 is 11.8 Å². The summed E-state index contributed by atoms with van der Waals surface area (Å²) >= 11 is 0.560. The van der Waals surface area contributed by atoms with E-state index in [1.807, 2.05) is 18.3 Å². The lowest BCUT2D eigenvalue weighted by Crippen LogP contribution is -2.13. The maximum absolute atomic E-state index is 12.3. The molecule has 2 aromatic rings. The van der Waals surface area contributed by atoms with Crippen LogP contribution in [0.5, 0.6) is 0 Å². The van der Waals surface area contributed by atoms with Crippen LogP contribution in [0.25, 0.3) is 11.1 Å². The number of pyridine rings is 1. The predicted molar refractivity (Wildman–Crippen MR) is 83.5 cm³/mol. The average molecular weight is 308 g/mol. The molecule has 0 amide bonds. The van der Waals surface area contributed by atoms with Crippen molar-refractivity contribution in [2.75, 3.05) is 6.54 Å². The summed E-state index contributed by atoms with van der Waals surface area (Å²) in [4.78, 5) is 4.82. The van der Waals surface area contributed by atoms with Gasteiger partial charge in [-0.05, 0) is 42.3 Å². The molecule has 2 nitrogen and oxygen atoms in total. The van der Waals surface area contributed by atoms with Crippen LogP contribution in [0.3, 0.4) is 0 Å². The van der Waals surface area contributed by atoms with Gasteiger partial charge in [-0.15, -0.1) is 0 Å². The van der Waals surface area contributed by atoms with Gasteiger partial charge in [0.15, 0.2) is 0 Å². The molecule has 0 fully saturated rings. The lowest BCUT2D eigenvalue weighted by Gasteiger charge is -2.07. The molecule has 2 rings (SSSR count). The standard InChI is InChI=1S/C16H18F2N2S/c1-2-7-19-9-12-8-14(11-20-10-12)13-3-5-15(6-4-13)21-16(17)18/h3-6,8,10-11,16,19H,2,7,9H2,1H3. The third-order valence-electron chi connectivity index (χ3n) is 2.96. The highest BCUT2D eigenvalue weighted by molar-refractivity contribution is 7.99. The zero-order valence-corrected chi connectivity index (χ0v) is 12.7. The van der Waals surface area contributed by atoms with Gasteiger partial charge in [0.05, 0.1) is 0 Å². The van der Waals surface area contributed by atoms with Gasteiger partial charge >= 0.3 is 0 Å². The Morgan fingerprint density at radius 2 is 1.90 bits per heavy atom. The second kappa shape index (κ2) is 8.10. The second-order valence-electron chi connectivity index (χ2n) is 4.66. The second-order valence-corrected chi connectivity index (χ2v) is 5.72. The van der Waals surface area contributed by atoms with Crippen LogP contribution in [-0.4, -0.2) is 17.3 Å². The molecule has 5 heteroatoms. The molecule has 0 spiro atoms. The lowest BCUT2D eigenvalue weighted by molar-refractivity contribution is 0.252. The third-order valence-corrected chi connectivity index (χ3v) is 3.69. The van der Waals surface area contributed by atoms with E-state index in [9.17, 15) is 8.78 Å². The molecular weight excluding hydrogens is 290 g/mol. The van der Waals surface area contributed by atoms with E-state index in [0.717, 1.165) is 36.2 Å². The summed E-state index contributed by atoms with van der Waals surface area (Å²) < 4.78 is 24.6. The molecule has 0 saturated carbocycles. The van der Waals surface area contributed by atoms with Crippen molar-refractivity contribution in [3.63, 3.8) is 0 Å². The van der Waals surface area contributed by atoms with Gasteiger partial charge in [0.2, 0.25) is 0 Å². The van der Waals surface area contributed by atoms with Crippen molar-refractivity contribution in [1.82, 2.24) is 10.3 Å². The average Bonchev–Trinajstić information content (AvgIpc) is 2.48. The van der Waals surface area contributed by atoms with Crippen molar-refractivity contribution in [3.05, 3.63) is 48.3 Å². The Bertz CT molecular complexity index is 558. The number of alkyl halides is 2. The van der Waals surface area contributed by atoms with Gasteiger partial charge in [-0.2, -0.15) is 8.78 Å². The highest BCUT2D eigenvalue weighted by Gasteiger charge is 2.06. The van der Waals surface area contributed by atoms with Crippen LogP contribution in [0, 0.1) is 0 Å². The molecule has 1 aromatic heterocycles. The smallest absolute Gasteiger partial charge is 0.288 e. The molecule has 1 aromatic carbocycles. The van der Waals surface area contributed by atoms with E-state index in [1.54, 1.807) is 18.3 Å². The predicted octanol–water partition coefficient (Wildman–Crippen LogP) is 4.56. The number of rotatable bonds is 7. The van der Waals surface area contributed by atoms with E-state index < -0.39 is 5.76 Å². The Balaban J connectivity index is 2.08. The zero-order chi connectivity index (χ0) is 15.1. The first-order chi connectivity index (χ1) is 10.2. The molecule has 0 aliphatic heterocycles. The van der Waals surface area contributed by atoms with Gasteiger partial charge in [-0.1, -0.05) is 30.8 Å². The van der Waals surface area contributed by atoms with Gasteiger partial charge in [0.1, 0.15) is 0 Å². The van der Waals surface area contributed by atoms with Crippen LogP contribution in [0.4, 0.5) is 8.78 Å². The van der Waals surface area contributed by atoms with Crippen molar-refractivity contribution in [2.45, 2.75) is 30.5 Å². The molecule has 0 saturated heterocycles. The van der Waals surface area contributed by atoms with Crippen LogP contribution < -0.4 is 5.32 Å². The Morgan fingerprint density at radius 1 is 1.14 bits per heavy atom. The minimum atomic E-state index is -2.38. The first-order valence-electron chi connectivity index (χ1n) is 6.89. The fraction of sp³-hybridized carbons (Fsp3) is 0.312. The fourth-order valence-electron chi connectivity index (χ4n) is 1.98. The van der Waals surface area contributed by atoms with Crippen LogP contribution in [0.15, 0.2) is 47.6 Å². The number of benzene rings is 1. The Morgan fingerprint density at radius 3 is 2.57 bits per heavy atom. The van der Waals surface area contributed by atoms with Crippen molar-refractivity contribution in [2.24, 2.45) is 0 Å². The molecule has 0 unspecified atom stereocenters. The molecule has 1 heterocycles. The van der Waals surface area contributed by atoms with Crippen molar-refractivity contribution in [1.29, 1.82) is 0 Å². The Kier molecular flexibility index (Phi) is 6.14. The fourth-order valence-corrected chi connectivity index (χ4v) is 2.48. The normalized spacial score (nSPS) is 11.0. The summed E-state index contributed by atoms with van der Waals surface area (Å²) in [6, 6.07) is 9.21. The molecule has 1 N–H and O–H groups in total. The van der Waals surface area contributed by atoms with Crippen LogP contribution in [0.2, 0.25) is 0 Å². The lowest BCUT2D eigenvalue weighted by atomic mass is 10.1. The minimum absolute atomic E-state index is 0.560. The molecule has 21 heavy (non-hydrogen) atoms. The number of hydrogen-bond acceptors (Lipinski definition) is 3. The summed E-state index contributed by atoms with van der Waals surface area (Å²) in [6.07, 6.45) is 4.72. The highest BCUT2D eigenvalue weighted by atomic mass is 32.2. The first kappa shape index (κ1) is 15.9. The number of aromatic nitrogens is 1. The number of hydrogen-bond donors (Lipinski definition) is 1. The Labute approximate surface area is 128 Å². The van der Waals surface area contributed by atoms with E-state index in [4.69, 9.17) is 0 Å². The topological polar surface area (TPSA) is 24.9 Å². The summed E-state index contributed by atoms with van der Waals surface area (Å²) in [5.41, 5.74) is 3.10. The summed E-state index contributed by atoms with van der Waals surface area (Å²) in [6.45, 7) is 3.89. The van der Waals surface area contributed by atoms with Crippen LogP contribution in [0.1, 0.15) is 18.9 Å². The van der Waals surface area contributed by atoms with Gasteiger partial charge in [0, 0.05) is 29.4 Å². The van der Waals surface area contributed by atoms with E-state index in [1.165, 1.54) is 0 Å². The Hall–Kier alpha value is -1.46. The highest BCUT2D eigenvalue weighted by Crippen LogP contribution is 2.28. The van der Waals surface area contributed by atoms with E-state index in [0.29, 0.717) is 16.7 Å². The maximum Gasteiger partial charge on any atom is 0.288 e. The molecular formula is C16H18F2N2S. The molecule has 112 valence electrons. The maximum atomic E-state index is 12.3. The van der Waals surface area contributed by atoms with Gasteiger partial charge < -0.3 is 5.32 Å². The third kappa shape index (κ3) is 5.10. The van der Waals surface area contributed by atoms with E-state index in [2.05, 4.69) is 23.3 Å². The van der Waals surface area contributed by atoms with Crippen molar-refractivity contribution < 1.29 is 8.78 Å². The largest absolute Gasteiger partial charge is 0.313 e. The summed E-state index contributed by atoms with van der Waals surface area (Å²) in [5.74, 6) is -2.38. The quantitative estimate of drug-likeness (QED) is 0.599.